The molecule has 6 fully saturated rings. The highest BCUT2D eigenvalue weighted by Gasteiger charge is 2.52. The molecule has 6 aliphatic rings. The number of halogens is 7. The van der Waals surface area contributed by atoms with Gasteiger partial charge in [-0.2, -0.15) is 26.3 Å². The fourth-order valence-electron chi connectivity index (χ4n) is 15.4. The van der Waals surface area contributed by atoms with Crippen molar-refractivity contribution in [2.24, 2.45) is 17.8 Å². The second-order valence-electron chi connectivity index (χ2n) is 29.0. The molecule has 8 atom stereocenters. The fraction of sp³-hybridized carbons (Fsp3) is 0.743. The van der Waals surface area contributed by atoms with E-state index >= 15 is 19.2 Å². The molecule has 3 saturated heterocycles. The lowest BCUT2D eigenvalue weighted by Gasteiger charge is -2.43. The van der Waals surface area contributed by atoms with E-state index in [0.717, 1.165) is 77.3 Å². The molecule has 24 nitrogen and oxygen atoms in total. The summed E-state index contributed by atoms with van der Waals surface area (Å²) in [6.45, 7) is 1.62. The summed E-state index contributed by atoms with van der Waals surface area (Å²) in [6.07, 6.45) is -3.04. The van der Waals surface area contributed by atoms with Gasteiger partial charge in [0.05, 0.1) is 43.1 Å². The van der Waals surface area contributed by atoms with Crippen LogP contribution in [0.4, 0.5) is 26.3 Å². The van der Waals surface area contributed by atoms with Crippen molar-refractivity contribution in [1.82, 2.24) is 60.0 Å². The Morgan fingerprint density at radius 3 is 1.80 bits per heavy atom. The molecule has 3 aliphatic heterocycles. The minimum absolute atomic E-state index is 0.0114. The Hall–Kier alpha value is -7.27. The summed E-state index contributed by atoms with van der Waals surface area (Å²) in [6, 6.07) is -7.76. The fourth-order valence-corrected chi connectivity index (χ4v) is 15.7. The predicted molar refractivity (Wildman–Crippen MR) is 360 cm³/mol. The van der Waals surface area contributed by atoms with Crippen LogP contribution in [0.5, 0.6) is 0 Å². The maximum Gasteiger partial charge on any atom is 0.417 e. The summed E-state index contributed by atoms with van der Waals surface area (Å²) < 4.78 is 85.9. The van der Waals surface area contributed by atoms with Crippen molar-refractivity contribution in [2.75, 3.05) is 88.6 Å². The highest BCUT2D eigenvalue weighted by Crippen LogP contribution is 2.39. The van der Waals surface area contributed by atoms with E-state index in [0.29, 0.717) is 56.3 Å². The number of hydrogen-bond donors (Lipinski definition) is 3. The van der Waals surface area contributed by atoms with Crippen LogP contribution in [0.2, 0.25) is 5.02 Å². The summed E-state index contributed by atoms with van der Waals surface area (Å²) in [7, 11) is 8.83. The van der Waals surface area contributed by atoms with Crippen LogP contribution < -0.4 is 16.0 Å². The number of fused-ring (bicyclic) bond motifs is 1. The van der Waals surface area contributed by atoms with Gasteiger partial charge >= 0.3 is 12.4 Å². The summed E-state index contributed by atoms with van der Waals surface area (Å²) in [4.78, 5) is 187. The van der Waals surface area contributed by atoms with Gasteiger partial charge in [-0.3, -0.25) is 57.5 Å². The number of likely N-dealkylation sites (tertiary alicyclic amines) is 1. The van der Waals surface area contributed by atoms with Gasteiger partial charge in [0.2, 0.25) is 70.9 Å². The van der Waals surface area contributed by atoms with E-state index in [2.05, 4.69) is 16.0 Å². The predicted octanol–water partition coefficient (Wildman–Crippen LogP) is 5.94. The second kappa shape index (κ2) is 35.3. The molecule has 3 aliphatic carbocycles. The van der Waals surface area contributed by atoms with Crippen molar-refractivity contribution >= 4 is 82.5 Å². The third kappa shape index (κ3) is 20.6. The van der Waals surface area contributed by atoms with Crippen molar-refractivity contribution < 1.29 is 83.9 Å². The molecule has 3 N–H and O–H groups in total. The van der Waals surface area contributed by atoms with Gasteiger partial charge in [-0.05, 0) is 106 Å². The smallest absolute Gasteiger partial charge is 0.343 e. The Bertz CT molecular complexity index is 3180. The van der Waals surface area contributed by atoms with Crippen LogP contribution in [-0.4, -0.2) is 258 Å². The molecule has 1 spiro atoms. The molecule has 1 aromatic rings. The molecular formula is C70H103ClF6N12O12. The molecule has 1 aromatic carbocycles. The zero-order valence-corrected chi connectivity index (χ0v) is 60.5. The molecule has 12 amide bonds. The van der Waals surface area contributed by atoms with Crippen molar-refractivity contribution in [3.05, 3.63) is 34.3 Å². The minimum atomic E-state index is -5.09. The lowest BCUT2D eigenvalue weighted by Crippen LogP contribution is -2.65. The summed E-state index contributed by atoms with van der Waals surface area (Å²) >= 11 is 6.14. The zero-order chi connectivity index (χ0) is 74.6. The van der Waals surface area contributed by atoms with E-state index in [1.165, 1.54) is 68.0 Å². The quantitative estimate of drug-likeness (QED) is 0.230. The molecule has 0 radical (unpaired) electrons. The molecule has 0 bridgehead atoms. The van der Waals surface area contributed by atoms with Crippen molar-refractivity contribution in [3.8, 4) is 0 Å². The van der Waals surface area contributed by atoms with Gasteiger partial charge in [0, 0.05) is 69.0 Å². The van der Waals surface area contributed by atoms with Crippen LogP contribution in [-0.2, 0) is 70.1 Å². The van der Waals surface area contributed by atoms with Gasteiger partial charge in [-0.25, -0.2) is 0 Å². The Kier molecular flexibility index (Phi) is 28.3. The SMILES string of the molecule is CC[C@H](C)[C@@H]1NC(=O)[C@H](CC(F)(F)F)N(C)C(=O)C[C@@H](C(=O)N2CCCC2)N(C)C(=O)[C@H](C2CCCCC2)N(C)C(=O)C2(CCCC2)NC(=O)C2CCCN2C(=O)[C@H](CCc2ccc(C(F)(F)F)c(Cl)c2)NC(=O)CN(C)C(=O)[C@H](CC2CCCCC2)N(C)C(=O)CN(C)C(=O)CN(C)C1=O. The summed E-state index contributed by atoms with van der Waals surface area (Å²) in [5, 5.41) is 7.55. The average molecular weight is 1450 g/mol. The summed E-state index contributed by atoms with van der Waals surface area (Å²) in [5.41, 5.74) is -2.49. The van der Waals surface area contributed by atoms with E-state index in [-0.39, 0.29) is 82.5 Å². The van der Waals surface area contributed by atoms with Gasteiger partial charge in [0.25, 0.3) is 0 Å². The average Bonchev–Trinajstić information content (AvgIpc) is 1.76. The van der Waals surface area contributed by atoms with Crippen LogP contribution >= 0.6 is 11.6 Å². The molecular weight excluding hydrogens is 1350 g/mol. The Balaban J connectivity index is 1.29. The van der Waals surface area contributed by atoms with Crippen LogP contribution in [0.25, 0.3) is 0 Å². The largest absolute Gasteiger partial charge is 0.417 e. The molecule has 3 heterocycles. The first kappa shape index (κ1) is 81.0. The minimum Gasteiger partial charge on any atom is -0.343 e. The van der Waals surface area contributed by atoms with E-state index in [9.17, 15) is 64.7 Å². The number of likely N-dealkylation sites (N-methyl/N-ethyl adjacent to an activating group) is 7. The third-order valence-corrected chi connectivity index (χ3v) is 22.1. The number of nitrogens with zero attached hydrogens (tertiary/aromatic N) is 9. The van der Waals surface area contributed by atoms with Crippen LogP contribution in [0, 0.1) is 17.8 Å². The normalized spacial score (nSPS) is 26.8. The Labute approximate surface area is 592 Å². The topological polar surface area (TPSA) is 270 Å². The van der Waals surface area contributed by atoms with E-state index in [1.54, 1.807) is 13.8 Å². The standard InChI is InChI=1S/C70H103ClF6N12O12/c1-10-43(2)58-65(99)83(5)41-56(92)81(3)42-57(93)84(6)51(37-44-22-13-11-14-23-44)63(97)82(4)40-54(90)78-49(30-28-45-27-29-47(48(71)36-45)70(75,76)77)62(96)89-35-21-26-50(89)61(95)80-68(31-17-18-32-68)67(101)87(9)59(46-24-15-12-16-25-46)66(100)86(8)52(64(98)88-33-19-20-34-88)38-55(91)85(7)53(60(94)79-58)39-69(72,73)74/h27,29,36,43-44,46,49-53,58-59H,10-26,28,30-35,37-42H2,1-9H3,(H,78,90)(H,79,94)(H,80,95)/t43-,49-,50?,51-,52-,53-,58-,59-/m0/s1. The lowest BCUT2D eigenvalue weighted by molar-refractivity contribution is -0.163. The number of hydrogen-bond acceptors (Lipinski definition) is 12. The Morgan fingerprint density at radius 1 is 0.614 bits per heavy atom. The zero-order valence-electron chi connectivity index (χ0n) is 59.8. The summed E-state index contributed by atoms with van der Waals surface area (Å²) in [5.74, 6) is -11.5. The van der Waals surface area contributed by atoms with Gasteiger partial charge in [-0.15, -0.1) is 0 Å². The highest BCUT2D eigenvalue weighted by molar-refractivity contribution is 6.31. The first-order chi connectivity index (χ1) is 47.5. The van der Waals surface area contributed by atoms with Gasteiger partial charge in [-0.1, -0.05) is 102 Å². The van der Waals surface area contributed by atoms with Gasteiger partial charge in [0.15, 0.2) is 0 Å². The lowest BCUT2D eigenvalue weighted by atomic mass is 9.81. The van der Waals surface area contributed by atoms with Crippen molar-refractivity contribution in [1.29, 1.82) is 0 Å². The van der Waals surface area contributed by atoms with Crippen LogP contribution in [0.1, 0.15) is 173 Å². The molecule has 0 aromatic heterocycles. The molecule has 3 saturated carbocycles. The first-order valence-corrected chi connectivity index (χ1v) is 36.1. The number of carbonyl (C=O) groups excluding carboxylic acids is 12. The molecule has 564 valence electrons. The van der Waals surface area contributed by atoms with Crippen LogP contribution in [0.3, 0.4) is 0 Å². The maximum absolute atomic E-state index is 15.6. The monoisotopic (exact) mass is 1450 g/mol. The van der Waals surface area contributed by atoms with E-state index < -0.39 is 186 Å². The number of benzene rings is 1. The molecule has 101 heavy (non-hydrogen) atoms. The van der Waals surface area contributed by atoms with Crippen molar-refractivity contribution in [3.63, 3.8) is 0 Å². The molecule has 31 heteroatoms. The number of rotatable bonds is 10. The Morgan fingerprint density at radius 2 is 1.21 bits per heavy atom. The first-order valence-electron chi connectivity index (χ1n) is 35.7. The highest BCUT2D eigenvalue weighted by atomic mass is 35.5. The third-order valence-electron chi connectivity index (χ3n) is 21.8. The number of amides is 12. The van der Waals surface area contributed by atoms with Gasteiger partial charge < -0.3 is 60.0 Å². The molecule has 7 rings (SSSR count). The van der Waals surface area contributed by atoms with Crippen molar-refractivity contribution in [2.45, 2.75) is 228 Å². The number of nitrogens with one attached hydrogen (secondary N) is 3. The number of carbonyl (C=O) groups is 12. The molecule has 1 unspecified atom stereocenters. The van der Waals surface area contributed by atoms with Gasteiger partial charge in [0.1, 0.15) is 47.8 Å². The van der Waals surface area contributed by atoms with Crippen LogP contribution in [0.15, 0.2) is 18.2 Å². The van der Waals surface area contributed by atoms with E-state index in [4.69, 9.17) is 11.6 Å². The number of aryl methyl sites for hydroxylation is 1. The number of alkyl halides is 6. The maximum atomic E-state index is 15.6. The van der Waals surface area contributed by atoms with E-state index in [1.807, 2.05) is 0 Å². The second-order valence-corrected chi connectivity index (χ2v) is 29.4.